The molecule has 0 bridgehead atoms. The second-order valence-corrected chi connectivity index (χ2v) is 5.45. The minimum absolute atomic E-state index is 0.0459. The average molecular weight is 261 g/mol. The number of carbonyl (C=O) groups excluding carboxylic acids is 1. The zero-order valence-electron chi connectivity index (χ0n) is 11.8. The third-order valence-electron chi connectivity index (χ3n) is 3.61. The van der Waals surface area contributed by atoms with Crippen molar-refractivity contribution in [1.82, 2.24) is 10.3 Å². The van der Waals surface area contributed by atoms with E-state index in [0.717, 1.165) is 18.2 Å². The molecule has 1 aliphatic carbocycles. The van der Waals surface area contributed by atoms with Crippen LogP contribution in [0.5, 0.6) is 0 Å². The first-order valence-electron chi connectivity index (χ1n) is 7.19. The number of amides is 1. The van der Waals surface area contributed by atoms with Gasteiger partial charge in [-0.05, 0) is 43.7 Å². The van der Waals surface area contributed by atoms with E-state index in [1.54, 1.807) is 6.20 Å². The quantitative estimate of drug-likeness (QED) is 0.857. The van der Waals surface area contributed by atoms with Crippen LogP contribution in [-0.4, -0.2) is 23.5 Å². The summed E-state index contributed by atoms with van der Waals surface area (Å²) in [7, 11) is 0. The third kappa shape index (κ3) is 3.94. The lowest BCUT2D eigenvalue weighted by molar-refractivity contribution is 0.0953. The number of anilines is 1. The zero-order valence-corrected chi connectivity index (χ0v) is 11.8. The summed E-state index contributed by atoms with van der Waals surface area (Å²) in [5.41, 5.74) is 0.624. The van der Waals surface area contributed by atoms with Gasteiger partial charge in [0, 0.05) is 18.8 Å². The number of pyridine rings is 1. The van der Waals surface area contributed by atoms with Gasteiger partial charge in [0.25, 0.3) is 5.91 Å². The SMILES string of the molecule is CCCNC(=O)c1ccc(NC2CCC(C)C2)nc1. The smallest absolute Gasteiger partial charge is 0.252 e. The van der Waals surface area contributed by atoms with Crippen LogP contribution in [0.4, 0.5) is 5.82 Å². The molecule has 1 saturated carbocycles. The Morgan fingerprint density at radius 3 is 2.84 bits per heavy atom. The van der Waals surface area contributed by atoms with Gasteiger partial charge in [-0.25, -0.2) is 4.98 Å². The van der Waals surface area contributed by atoms with Gasteiger partial charge >= 0.3 is 0 Å². The Labute approximate surface area is 115 Å². The van der Waals surface area contributed by atoms with E-state index >= 15 is 0 Å². The van der Waals surface area contributed by atoms with Gasteiger partial charge in [0.05, 0.1) is 5.56 Å². The second kappa shape index (κ2) is 6.55. The van der Waals surface area contributed by atoms with Crippen molar-refractivity contribution >= 4 is 11.7 Å². The van der Waals surface area contributed by atoms with E-state index in [9.17, 15) is 4.79 Å². The van der Waals surface area contributed by atoms with E-state index in [-0.39, 0.29) is 5.91 Å². The first kappa shape index (κ1) is 13.8. The van der Waals surface area contributed by atoms with Crippen molar-refractivity contribution < 1.29 is 4.79 Å². The molecule has 2 rings (SSSR count). The maximum Gasteiger partial charge on any atom is 0.252 e. The molecule has 2 unspecified atom stereocenters. The standard InChI is InChI=1S/C15H23N3O/c1-3-8-16-15(19)12-5-7-14(17-10-12)18-13-6-4-11(2)9-13/h5,7,10-11,13H,3-4,6,8-9H2,1-2H3,(H,16,19)(H,17,18). The molecule has 0 aliphatic heterocycles. The third-order valence-corrected chi connectivity index (χ3v) is 3.61. The maximum atomic E-state index is 11.7. The topological polar surface area (TPSA) is 54.0 Å². The van der Waals surface area contributed by atoms with Gasteiger partial charge in [-0.2, -0.15) is 0 Å². The van der Waals surface area contributed by atoms with Gasteiger partial charge in [0.15, 0.2) is 0 Å². The number of hydrogen-bond acceptors (Lipinski definition) is 3. The monoisotopic (exact) mass is 261 g/mol. The largest absolute Gasteiger partial charge is 0.367 e. The van der Waals surface area contributed by atoms with Crippen LogP contribution in [-0.2, 0) is 0 Å². The Balaban J connectivity index is 1.89. The molecule has 2 atom stereocenters. The molecule has 0 aromatic carbocycles. The van der Waals surface area contributed by atoms with Gasteiger partial charge in [-0.3, -0.25) is 4.79 Å². The van der Waals surface area contributed by atoms with E-state index in [1.165, 1.54) is 19.3 Å². The molecule has 4 nitrogen and oxygen atoms in total. The summed E-state index contributed by atoms with van der Waals surface area (Å²) in [4.78, 5) is 16.1. The molecule has 0 spiro atoms. The first-order valence-corrected chi connectivity index (χ1v) is 7.19. The summed E-state index contributed by atoms with van der Waals surface area (Å²) in [6.07, 6.45) is 6.29. The maximum absolute atomic E-state index is 11.7. The van der Waals surface area contributed by atoms with Crippen molar-refractivity contribution in [1.29, 1.82) is 0 Å². The van der Waals surface area contributed by atoms with E-state index in [1.807, 2.05) is 19.1 Å². The lowest BCUT2D eigenvalue weighted by atomic mass is 10.1. The highest BCUT2D eigenvalue weighted by atomic mass is 16.1. The highest BCUT2D eigenvalue weighted by Crippen LogP contribution is 2.26. The van der Waals surface area contributed by atoms with E-state index < -0.39 is 0 Å². The summed E-state index contributed by atoms with van der Waals surface area (Å²) in [6, 6.07) is 4.25. The van der Waals surface area contributed by atoms with Crippen LogP contribution in [0.3, 0.4) is 0 Å². The lowest BCUT2D eigenvalue weighted by Crippen LogP contribution is -2.24. The fourth-order valence-electron chi connectivity index (χ4n) is 2.50. The Kier molecular flexibility index (Phi) is 4.77. The van der Waals surface area contributed by atoms with Crippen LogP contribution < -0.4 is 10.6 Å². The zero-order chi connectivity index (χ0) is 13.7. The molecule has 1 aliphatic rings. The summed E-state index contributed by atoms with van der Waals surface area (Å²) >= 11 is 0. The molecular formula is C15H23N3O. The molecule has 1 heterocycles. The fourth-order valence-corrected chi connectivity index (χ4v) is 2.50. The number of carbonyl (C=O) groups is 1. The predicted octanol–water partition coefficient (Wildman–Crippen LogP) is 2.82. The summed E-state index contributed by atoms with van der Waals surface area (Å²) in [5.74, 6) is 1.62. The number of hydrogen-bond donors (Lipinski definition) is 2. The first-order chi connectivity index (χ1) is 9.19. The molecule has 19 heavy (non-hydrogen) atoms. The minimum Gasteiger partial charge on any atom is -0.367 e. The number of nitrogens with one attached hydrogen (secondary N) is 2. The van der Waals surface area contributed by atoms with Crippen molar-refractivity contribution in [3.8, 4) is 0 Å². The van der Waals surface area contributed by atoms with Crippen LogP contribution >= 0.6 is 0 Å². The van der Waals surface area contributed by atoms with E-state index in [2.05, 4.69) is 22.5 Å². The predicted molar refractivity (Wildman–Crippen MR) is 77.3 cm³/mol. The molecule has 4 heteroatoms. The minimum atomic E-state index is -0.0459. The molecule has 1 aromatic heterocycles. The fraction of sp³-hybridized carbons (Fsp3) is 0.600. The second-order valence-electron chi connectivity index (χ2n) is 5.45. The molecule has 1 amide bonds. The molecule has 2 N–H and O–H groups in total. The Morgan fingerprint density at radius 2 is 2.26 bits per heavy atom. The Hall–Kier alpha value is -1.58. The van der Waals surface area contributed by atoms with Crippen LogP contribution in [0.25, 0.3) is 0 Å². The summed E-state index contributed by atoms with van der Waals surface area (Å²) < 4.78 is 0. The molecular weight excluding hydrogens is 238 g/mol. The number of aromatic nitrogens is 1. The number of rotatable bonds is 5. The Bertz CT molecular complexity index is 416. The van der Waals surface area contributed by atoms with Gasteiger partial charge in [-0.1, -0.05) is 13.8 Å². The molecule has 0 radical (unpaired) electrons. The molecule has 104 valence electrons. The Morgan fingerprint density at radius 1 is 1.42 bits per heavy atom. The lowest BCUT2D eigenvalue weighted by Gasteiger charge is -2.13. The average Bonchev–Trinajstić information content (AvgIpc) is 2.82. The molecule has 1 aromatic rings. The summed E-state index contributed by atoms with van der Waals surface area (Å²) in [6.45, 7) is 5.03. The van der Waals surface area contributed by atoms with Crippen molar-refractivity contribution in [2.24, 2.45) is 5.92 Å². The van der Waals surface area contributed by atoms with Gasteiger partial charge in [0.2, 0.25) is 0 Å². The number of nitrogens with zero attached hydrogens (tertiary/aromatic N) is 1. The van der Waals surface area contributed by atoms with E-state index in [0.29, 0.717) is 18.2 Å². The van der Waals surface area contributed by atoms with Crippen LogP contribution in [0.1, 0.15) is 49.9 Å². The van der Waals surface area contributed by atoms with Crippen LogP contribution in [0, 0.1) is 5.92 Å². The van der Waals surface area contributed by atoms with E-state index in [4.69, 9.17) is 0 Å². The summed E-state index contributed by atoms with van der Waals surface area (Å²) in [5, 5.41) is 6.29. The van der Waals surface area contributed by atoms with Crippen molar-refractivity contribution in [2.45, 2.75) is 45.6 Å². The van der Waals surface area contributed by atoms with Crippen molar-refractivity contribution in [3.63, 3.8) is 0 Å². The van der Waals surface area contributed by atoms with Gasteiger partial charge in [0.1, 0.15) is 5.82 Å². The molecule has 1 fully saturated rings. The highest BCUT2D eigenvalue weighted by molar-refractivity contribution is 5.93. The van der Waals surface area contributed by atoms with Crippen molar-refractivity contribution in [2.75, 3.05) is 11.9 Å². The van der Waals surface area contributed by atoms with Crippen LogP contribution in [0.15, 0.2) is 18.3 Å². The highest BCUT2D eigenvalue weighted by Gasteiger charge is 2.21. The van der Waals surface area contributed by atoms with Gasteiger partial charge < -0.3 is 10.6 Å². The van der Waals surface area contributed by atoms with Crippen molar-refractivity contribution in [3.05, 3.63) is 23.9 Å². The molecule has 0 saturated heterocycles. The van der Waals surface area contributed by atoms with Crippen LogP contribution in [0.2, 0.25) is 0 Å². The normalized spacial score (nSPS) is 22.2. The van der Waals surface area contributed by atoms with Gasteiger partial charge in [-0.15, -0.1) is 0 Å².